The molecule has 0 bridgehead atoms. The van der Waals surface area contributed by atoms with Gasteiger partial charge in [-0.25, -0.2) is 4.39 Å². The Morgan fingerprint density at radius 2 is 2.10 bits per heavy atom. The van der Waals surface area contributed by atoms with E-state index < -0.39 is 0 Å². The van der Waals surface area contributed by atoms with Crippen molar-refractivity contribution in [2.24, 2.45) is 17.6 Å². The molecule has 0 amide bonds. The van der Waals surface area contributed by atoms with E-state index in [1.807, 2.05) is 6.08 Å². The number of fused-ring (bicyclic) bond motifs is 5. The van der Waals surface area contributed by atoms with Crippen LogP contribution in [0.15, 0.2) is 48.3 Å². The minimum atomic E-state index is -0.139. The van der Waals surface area contributed by atoms with Crippen molar-refractivity contribution in [2.75, 3.05) is 6.61 Å². The van der Waals surface area contributed by atoms with Crippen molar-refractivity contribution in [1.82, 2.24) is 0 Å². The second-order valence-electron chi connectivity index (χ2n) is 6.46. The lowest BCUT2D eigenvalue weighted by Crippen LogP contribution is -2.44. The van der Waals surface area contributed by atoms with Gasteiger partial charge in [0.1, 0.15) is 5.83 Å². The molecule has 1 fully saturated rings. The molecule has 0 radical (unpaired) electrons. The first-order valence-corrected chi connectivity index (χ1v) is 7.73. The van der Waals surface area contributed by atoms with Gasteiger partial charge in [0.15, 0.2) is 0 Å². The first kappa shape index (κ1) is 13.2. The predicted molar refractivity (Wildman–Crippen MR) is 80.5 cm³/mol. The topological polar surface area (TPSA) is 35.2 Å². The lowest BCUT2D eigenvalue weighted by atomic mass is 9.76. The summed E-state index contributed by atoms with van der Waals surface area (Å²) in [5.41, 5.74) is 8.82. The van der Waals surface area contributed by atoms with Gasteiger partial charge in [-0.3, -0.25) is 0 Å². The zero-order valence-electron chi connectivity index (χ0n) is 11.9. The normalized spacial score (nSPS) is 37.8. The molecule has 3 aliphatic rings. The second kappa shape index (κ2) is 5.08. The van der Waals surface area contributed by atoms with E-state index in [4.69, 9.17) is 10.5 Å². The molecule has 1 aliphatic heterocycles. The molecule has 2 aliphatic carbocycles. The number of benzene rings is 1. The van der Waals surface area contributed by atoms with E-state index in [1.165, 1.54) is 11.1 Å². The van der Waals surface area contributed by atoms with Gasteiger partial charge in [0.05, 0.1) is 12.7 Å². The Kier molecular flexibility index (Phi) is 3.20. The van der Waals surface area contributed by atoms with Crippen LogP contribution in [-0.2, 0) is 11.2 Å². The number of hydrogen-bond donors (Lipinski definition) is 1. The maximum atomic E-state index is 13.7. The average Bonchev–Trinajstić information content (AvgIpc) is 2.62. The molecule has 0 saturated carbocycles. The highest BCUT2D eigenvalue weighted by Gasteiger charge is 2.42. The van der Waals surface area contributed by atoms with Crippen LogP contribution in [0.25, 0.3) is 0 Å². The monoisotopic (exact) mass is 285 g/mol. The third-order valence-corrected chi connectivity index (χ3v) is 5.09. The zero-order chi connectivity index (χ0) is 14.4. The highest BCUT2D eigenvalue weighted by molar-refractivity contribution is 5.37. The van der Waals surface area contributed by atoms with E-state index in [0.717, 1.165) is 12.8 Å². The maximum absolute atomic E-state index is 13.7. The van der Waals surface area contributed by atoms with E-state index >= 15 is 0 Å². The van der Waals surface area contributed by atoms with Crippen molar-refractivity contribution < 1.29 is 9.13 Å². The Balaban J connectivity index is 1.81. The Morgan fingerprint density at radius 1 is 1.24 bits per heavy atom. The molecule has 5 atom stereocenters. The lowest BCUT2D eigenvalue weighted by molar-refractivity contribution is -0.0407. The van der Waals surface area contributed by atoms with Gasteiger partial charge in [-0.1, -0.05) is 30.3 Å². The van der Waals surface area contributed by atoms with Gasteiger partial charge >= 0.3 is 0 Å². The first-order chi connectivity index (χ1) is 10.2. The average molecular weight is 285 g/mol. The molecule has 2 N–H and O–H groups in total. The van der Waals surface area contributed by atoms with Gasteiger partial charge in [0.25, 0.3) is 0 Å². The molecule has 1 heterocycles. The summed E-state index contributed by atoms with van der Waals surface area (Å²) in [6.45, 7) is 0.575. The smallest absolute Gasteiger partial charge is 0.119 e. The fourth-order valence-corrected chi connectivity index (χ4v) is 4.15. The summed E-state index contributed by atoms with van der Waals surface area (Å²) in [5, 5.41) is 0. The van der Waals surface area contributed by atoms with E-state index in [2.05, 4.69) is 24.3 Å². The van der Waals surface area contributed by atoms with Gasteiger partial charge in [-0.15, -0.1) is 0 Å². The molecule has 21 heavy (non-hydrogen) atoms. The van der Waals surface area contributed by atoms with Crippen LogP contribution in [0.2, 0.25) is 0 Å². The molecule has 1 saturated heterocycles. The van der Waals surface area contributed by atoms with Gasteiger partial charge < -0.3 is 10.5 Å². The summed E-state index contributed by atoms with van der Waals surface area (Å²) < 4.78 is 19.8. The largest absolute Gasteiger partial charge is 0.375 e. The first-order valence-electron chi connectivity index (χ1n) is 7.73. The molecule has 0 aromatic heterocycles. The minimum Gasteiger partial charge on any atom is -0.375 e. The van der Waals surface area contributed by atoms with Gasteiger partial charge in [-0.2, -0.15) is 0 Å². The van der Waals surface area contributed by atoms with E-state index in [-0.39, 0.29) is 29.8 Å². The van der Waals surface area contributed by atoms with Crippen LogP contribution in [0.3, 0.4) is 0 Å². The molecule has 2 nitrogen and oxygen atoms in total. The van der Waals surface area contributed by atoms with Crippen molar-refractivity contribution >= 4 is 0 Å². The number of rotatable bonds is 0. The molecule has 1 aromatic rings. The fraction of sp³-hybridized carbons (Fsp3) is 0.444. The number of halogens is 1. The Morgan fingerprint density at radius 3 is 3.00 bits per heavy atom. The van der Waals surface area contributed by atoms with Crippen LogP contribution in [0.5, 0.6) is 0 Å². The molecule has 2 unspecified atom stereocenters. The van der Waals surface area contributed by atoms with Crippen molar-refractivity contribution in [1.29, 1.82) is 0 Å². The number of nitrogens with two attached hydrogens (primary N) is 1. The van der Waals surface area contributed by atoms with Crippen LogP contribution in [0.4, 0.5) is 4.39 Å². The molecule has 3 heteroatoms. The SMILES string of the molecule is N[C@@H]1CO[C@H]2C3C=C(F)C=CC3Cc3ccccc3[C@H]2C1. The summed E-state index contributed by atoms with van der Waals surface area (Å²) in [6, 6.07) is 8.62. The molecule has 110 valence electrons. The van der Waals surface area contributed by atoms with Crippen LogP contribution in [0.1, 0.15) is 23.5 Å². The Bertz CT molecular complexity index is 609. The molecule has 0 spiro atoms. The maximum Gasteiger partial charge on any atom is 0.119 e. The summed E-state index contributed by atoms with van der Waals surface area (Å²) in [4.78, 5) is 0. The van der Waals surface area contributed by atoms with Crippen LogP contribution < -0.4 is 5.73 Å². The third-order valence-electron chi connectivity index (χ3n) is 5.09. The second-order valence-corrected chi connectivity index (χ2v) is 6.46. The number of allylic oxidation sites excluding steroid dienone is 3. The lowest BCUT2D eigenvalue weighted by Gasteiger charge is -2.39. The summed E-state index contributed by atoms with van der Waals surface area (Å²) in [6.07, 6.45) is 7.27. The van der Waals surface area contributed by atoms with Gasteiger partial charge in [-0.05, 0) is 42.0 Å². The van der Waals surface area contributed by atoms with E-state index in [9.17, 15) is 4.39 Å². The summed E-state index contributed by atoms with van der Waals surface area (Å²) >= 11 is 0. The molecular formula is C18H20FNO. The van der Waals surface area contributed by atoms with E-state index in [0.29, 0.717) is 12.5 Å². The zero-order valence-corrected chi connectivity index (χ0v) is 11.9. The Labute approximate surface area is 124 Å². The third kappa shape index (κ3) is 2.25. The van der Waals surface area contributed by atoms with Crippen molar-refractivity contribution in [2.45, 2.75) is 30.9 Å². The van der Waals surface area contributed by atoms with Crippen LogP contribution >= 0.6 is 0 Å². The number of ether oxygens (including phenoxy) is 1. The summed E-state index contributed by atoms with van der Waals surface area (Å²) in [5.74, 6) is 0.560. The van der Waals surface area contributed by atoms with Crippen molar-refractivity contribution in [3.63, 3.8) is 0 Å². The van der Waals surface area contributed by atoms with Crippen LogP contribution in [-0.4, -0.2) is 18.8 Å². The number of hydrogen-bond acceptors (Lipinski definition) is 2. The van der Waals surface area contributed by atoms with Crippen LogP contribution in [0, 0.1) is 11.8 Å². The molecular weight excluding hydrogens is 265 g/mol. The van der Waals surface area contributed by atoms with Gasteiger partial charge in [0, 0.05) is 17.9 Å². The van der Waals surface area contributed by atoms with E-state index in [1.54, 1.807) is 12.2 Å². The highest BCUT2D eigenvalue weighted by atomic mass is 19.1. The predicted octanol–water partition coefficient (Wildman–Crippen LogP) is 3.10. The van der Waals surface area contributed by atoms with Crippen molar-refractivity contribution in [3.05, 3.63) is 59.4 Å². The fourth-order valence-electron chi connectivity index (χ4n) is 4.15. The van der Waals surface area contributed by atoms with Crippen molar-refractivity contribution in [3.8, 4) is 0 Å². The quantitative estimate of drug-likeness (QED) is 0.795. The Hall–Kier alpha value is -1.45. The highest BCUT2D eigenvalue weighted by Crippen LogP contribution is 2.45. The standard InChI is InChI=1S/C18H20FNO/c19-13-6-5-12-7-11-3-1-2-4-15(11)17-9-14(20)10-21-18(17)16(12)8-13/h1-6,8,12,14,16-18H,7,9-10,20H2/t12?,14-,16?,17+,18-/m0/s1. The summed E-state index contributed by atoms with van der Waals surface area (Å²) in [7, 11) is 0. The van der Waals surface area contributed by atoms with Gasteiger partial charge in [0.2, 0.25) is 0 Å². The minimum absolute atomic E-state index is 0.0362. The molecule has 4 rings (SSSR count). The molecule has 1 aromatic carbocycles.